The molecule has 0 saturated carbocycles. The van der Waals surface area contributed by atoms with Gasteiger partial charge >= 0.3 is 6.03 Å². The molecule has 0 fully saturated rings. The van der Waals surface area contributed by atoms with Crippen LogP contribution < -0.4 is 10.6 Å². The lowest BCUT2D eigenvalue weighted by Crippen LogP contribution is -2.48. The first-order chi connectivity index (χ1) is 11.5. The Bertz CT molecular complexity index is 681. The van der Waals surface area contributed by atoms with Crippen LogP contribution in [0, 0.1) is 0 Å². The number of aromatic nitrogens is 2. The van der Waals surface area contributed by atoms with Crippen LogP contribution in [-0.2, 0) is 11.2 Å². The van der Waals surface area contributed by atoms with Crippen LogP contribution in [0.25, 0.3) is 5.69 Å². The quantitative estimate of drug-likeness (QED) is 0.835. The minimum absolute atomic E-state index is 0.144. The van der Waals surface area contributed by atoms with Crippen molar-refractivity contribution in [2.24, 2.45) is 0 Å². The summed E-state index contributed by atoms with van der Waals surface area (Å²) in [5.74, 6) is -0.144. The molecule has 3 amide bonds. The minimum atomic E-state index is -0.555. The third kappa shape index (κ3) is 4.84. The molecular formula is C17H23N5O2. The highest BCUT2D eigenvalue weighted by Gasteiger charge is 2.16. The van der Waals surface area contributed by atoms with Crippen LogP contribution in [0.1, 0.15) is 12.5 Å². The molecule has 7 heteroatoms. The fourth-order valence-corrected chi connectivity index (χ4v) is 2.23. The Morgan fingerprint density at radius 2 is 1.96 bits per heavy atom. The Labute approximate surface area is 141 Å². The number of hydrogen-bond acceptors (Lipinski definition) is 3. The van der Waals surface area contributed by atoms with E-state index in [0.29, 0.717) is 13.0 Å². The average molecular weight is 329 g/mol. The Kier molecular flexibility index (Phi) is 5.95. The molecule has 2 aromatic rings. The monoisotopic (exact) mass is 329 g/mol. The van der Waals surface area contributed by atoms with Crippen LogP contribution in [-0.4, -0.2) is 53.3 Å². The number of urea groups is 1. The first kappa shape index (κ1) is 17.5. The van der Waals surface area contributed by atoms with Crippen molar-refractivity contribution in [1.29, 1.82) is 0 Å². The van der Waals surface area contributed by atoms with Gasteiger partial charge in [-0.3, -0.25) is 4.79 Å². The van der Waals surface area contributed by atoms with Gasteiger partial charge in [-0.2, -0.15) is 5.10 Å². The van der Waals surface area contributed by atoms with Crippen LogP contribution in [0.4, 0.5) is 4.79 Å². The number of carbonyl (C=O) groups is 2. The lowest BCUT2D eigenvalue weighted by molar-refractivity contribution is -0.130. The van der Waals surface area contributed by atoms with E-state index in [2.05, 4.69) is 15.7 Å². The van der Waals surface area contributed by atoms with E-state index in [4.69, 9.17) is 0 Å². The number of benzene rings is 1. The molecule has 128 valence electrons. The van der Waals surface area contributed by atoms with Crippen LogP contribution in [0.2, 0.25) is 0 Å². The summed E-state index contributed by atoms with van der Waals surface area (Å²) in [5.41, 5.74) is 2.02. The van der Waals surface area contributed by atoms with E-state index in [1.54, 1.807) is 31.9 Å². The van der Waals surface area contributed by atoms with Gasteiger partial charge in [0.05, 0.1) is 11.9 Å². The predicted octanol–water partition coefficient (Wildman–Crippen LogP) is 1.19. The standard InChI is InChI=1S/C17H23N5O2/c1-13(16(23)21(2)3)20-17(24)18-10-9-14-11-19-22(12-14)15-7-5-4-6-8-15/h4-8,11-13H,9-10H2,1-3H3,(H2,18,20,24)/t13-/m0/s1. The van der Waals surface area contributed by atoms with E-state index in [-0.39, 0.29) is 11.9 Å². The summed E-state index contributed by atoms with van der Waals surface area (Å²) in [7, 11) is 3.31. The van der Waals surface area contributed by atoms with Crippen molar-refractivity contribution >= 4 is 11.9 Å². The number of nitrogens with zero attached hydrogens (tertiary/aromatic N) is 3. The largest absolute Gasteiger partial charge is 0.347 e. The second kappa shape index (κ2) is 8.14. The average Bonchev–Trinajstić information content (AvgIpc) is 3.03. The van der Waals surface area contributed by atoms with Crippen molar-refractivity contribution in [2.75, 3.05) is 20.6 Å². The van der Waals surface area contributed by atoms with E-state index in [1.807, 2.05) is 36.5 Å². The number of para-hydroxylation sites is 1. The maximum absolute atomic E-state index is 11.8. The van der Waals surface area contributed by atoms with Crippen molar-refractivity contribution in [3.05, 3.63) is 48.3 Å². The summed E-state index contributed by atoms with van der Waals surface area (Å²) < 4.78 is 1.80. The maximum atomic E-state index is 11.8. The molecule has 0 bridgehead atoms. The van der Waals surface area contributed by atoms with Crippen LogP contribution in [0.15, 0.2) is 42.7 Å². The second-order valence-corrected chi connectivity index (χ2v) is 5.73. The highest BCUT2D eigenvalue weighted by molar-refractivity contribution is 5.86. The molecule has 0 unspecified atom stereocenters. The first-order valence-electron chi connectivity index (χ1n) is 7.82. The molecule has 2 N–H and O–H groups in total. The zero-order valence-corrected chi connectivity index (χ0v) is 14.2. The van der Waals surface area contributed by atoms with Crippen molar-refractivity contribution < 1.29 is 9.59 Å². The summed E-state index contributed by atoms with van der Waals surface area (Å²) in [6.45, 7) is 2.13. The first-order valence-corrected chi connectivity index (χ1v) is 7.82. The fraction of sp³-hybridized carbons (Fsp3) is 0.353. The molecule has 0 spiro atoms. The summed E-state index contributed by atoms with van der Waals surface area (Å²) >= 11 is 0. The van der Waals surface area contributed by atoms with Crippen LogP contribution in [0.3, 0.4) is 0 Å². The number of hydrogen-bond donors (Lipinski definition) is 2. The van der Waals surface area contributed by atoms with Gasteiger partial charge in [-0.25, -0.2) is 9.48 Å². The van der Waals surface area contributed by atoms with Gasteiger partial charge in [-0.1, -0.05) is 18.2 Å². The molecule has 7 nitrogen and oxygen atoms in total. The van der Waals surface area contributed by atoms with Crippen molar-refractivity contribution in [3.63, 3.8) is 0 Å². The third-order valence-electron chi connectivity index (χ3n) is 3.51. The molecule has 0 saturated heterocycles. The van der Waals surface area contributed by atoms with E-state index in [9.17, 15) is 9.59 Å². The van der Waals surface area contributed by atoms with Crippen molar-refractivity contribution in [3.8, 4) is 5.69 Å². The number of carbonyl (C=O) groups excluding carboxylic acids is 2. The van der Waals surface area contributed by atoms with E-state index in [1.165, 1.54) is 4.90 Å². The van der Waals surface area contributed by atoms with Gasteiger partial charge in [0.15, 0.2) is 0 Å². The van der Waals surface area contributed by atoms with Gasteiger partial charge in [0.2, 0.25) is 5.91 Å². The maximum Gasteiger partial charge on any atom is 0.315 e. The lowest BCUT2D eigenvalue weighted by Gasteiger charge is -2.18. The predicted molar refractivity (Wildman–Crippen MR) is 92.0 cm³/mol. The molecule has 0 aliphatic heterocycles. The number of likely N-dealkylation sites (N-methyl/N-ethyl adjacent to an activating group) is 1. The number of amides is 3. The van der Waals surface area contributed by atoms with E-state index >= 15 is 0 Å². The highest BCUT2D eigenvalue weighted by atomic mass is 16.2. The highest BCUT2D eigenvalue weighted by Crippen LogP contribution is 2.07. The van der Waals surface area contributed by atoms with E-state index < -0.39 is 6.04 Å². The molecule has 1 atom stereocenters. The van der Waals surface area contributed by atoms with Gasteiger partial charge in [-0.15, -0.1) is 0 Å². The number of nitrogens with one attached hydrogen (secondary N) is 2. The Hall–Kier alpha value is -2.83. The Morgan fingerprint density at radius 3 is 2.62 bits per heavy atom. The van der Waals surface area contributed by atoms with Gasteiger partial charge in [0.1, 0.15) is 6.04 Å². The van der Waals surface area contributed by atoms with Gasteiger partial charge in [-0.05, 0) is 31.0 Å². The molecular weight excluding hydrogens is 306 g/mol. The third-order valence-corrected chi connectivity index (χ3v) is 3.51. The Balaban J connectivity index is 1.77. The summed E-state index contributed by atoms with van der Waals surface area (Å²) in [6, 6.07) is 8.92. The molecule has 0 aliphatic carbocycles. The molecule has 1 heterocycles. The van der Waals surface area contributed by atoms with Crippen molar-refractivity contribution in [1.82, 2.24) is 25.3 Å². The van der Waals surface area contributed by atoms with Gasteiger partial charge < -0.3 is 15.5 Å². The molecule has 0 aliphatic rings. The smallest absolute Gasteiger partial charge is 0.315 e. The minimum Gasteiger partial charge on any atom is -0.347 e. The SMILES string of the molecule is C[C@H](NC(=O)NCCc1cnn(-c2ccccc2)c1)C(=O)N(C)C. The van der Waals surface area contributed by atoms with Crippen LogP contribution in [0.5, 0.6) is 0 Å². The van der Waals surface area contributed by atoms with E-state index in [0.717, 1.165) is 11.3 Å². The lowest BCUT2D eigenvalue weighted by atomic mass is 10.2. The fourth-order valence-electron chi connectivity index (χ4n) is 2.23. The molecule has 2 rings (SSSR count). The molecule has 1 aromatic heterocycles. The second-order valence-electron chi connectivity index (χ2n) is 5.73. The number of rotatable bonds is 6. The zero-order valence-electron chi connectivity index (χ0n) is 14.2. The summed E-state index contributed by atoms with van der Waals surface area (Å²) in [6.07, 6.45) is 4.38. The topological polar surface area (TPSA) is 79.3 Å². The van der Waals surface area contributed by atoms with Gasteiger partial charge in [0.25, 0.3) is 0 Å². The molecule has 24 heavy (non-hydrogen) atoms. The summed E-state index contributed by atoms with van der Waals surface area (Å²) in [4.78, 5) is 24.9. The zero-order chi connectivity index (χ0) is 17.5. The van der Waals surface area contributed by atoms with Gasteiger partial charge in [0, 0.05) is 26.8 Å². The normalized spacial score (nSPS) is 11.6. The van der Waals surface area contributed by atoms with Crippen molar-refractivity contribution in [2.45, 2.75) is 19.4 Å². The molecule has 1 aromatic carbocycles. The van der Waals surface area contributed by atoms with Crippen LogP contribution >= 0.6 is 0 Å². The Morgan fingerprint density at radius 1 is 1.25 bits per heavy atom. The summed E-state index contributed by atoms with van der Waals surface area (Å²) in [5, 5.41) is 9.68. The molecule has 0 radical (unpaired) electrons.